The summed E-state index contributed by atoms with van der Waals surface area (Å²) in [7, 11) is 1.51. The fraction of sp³-hybridized carbons (Fsp3) is 0.143. The summed E-state index contributed by atoms with van der Waals surface area (Å²) in [5.74, 6) is -0.267. The molecule has 2 N–H and O–H groups in total. The van der Waals surface area contributed by atoms with Crippen molar-refractivity contribution in [1.82, 2.24) is 5.32 Å². The van der Waals surface area contributed by atoms with Crippen LogP contribution < -0.4 is 10.6 Å². The molecule has 1 rings (SSSR count). The van der Waals surface area contributed by atoms with Gasteiger partial charge in [0.2, 0.25) is 0 Å². The van der Waals surface area contributed by atoms with Gasteiger partial charge in [-0.15, -0.1) is 0 Å². The van der Waals surface area contributed by atoms with Crippen molar-refractivity contribution in [3.63, 3.8) is 0 Å². The van der Waals surface area contributed by atoms with Gasteiger partial charge in [-0.25, -0.2) is 0 Å². The van der Waals surface area contributed by atoms with Gasteiger partial charge in [-0.3, -0.25) is 4.79 Å². The summed E-state index contributed by atoms with van der Waals surface area (Å²) in [6.45, 7) is 1.78. The number of allylic oxidation sites excluding steroid dienone is 2. The summed E-state index contributed by atoms with van der Waals surface area (Å²) in [4.78, 5) is 11.6. The molecule has 1 aromatic carbocycles. The molecule has 6 nitrogen and oxygen atoms in total. The number of anilines is 1. The van der Waals surface area contributed by atoms with E-state index in [9.17, 15) is 4.79 Å². The normalized spacial score (nSPS) is 8.55. The zero-order chi connectivity index (χ0) is 15.1. The first-order valence-electron chi connectivity index (χ1n) is 5.61. The van der Waals surface area contributed by atoms with E-state index < -0.39 is 0 Å². The quantitative estimate of drug-likeness (QED) is 0.806. The number of nitrogens with one attached hydrogen (secondary N) is 2. The predicted molar refractivity (Wildman–Crippen MR) is 72.1 cm³/mol. The molecule has 0 spiro atoms. The molecular formula is C14H11N5O. The Kier molecular flexibility index (Phi) is 4.86. The number of nitriles is 3. The highest BCUT2D eigenvalue weighted by molar-refractivity contribution is 5.95. The molecule has 0 saturated carbocycles. The molecule has 1 aromatic rings. The SMILES string of the molecule is CNC(=O)c1ccc(C)c(NC(C#N)=C(C#N)C#N)c1. The summed E-state index contributed by atoms with van der Waals surface area (Å²) in [6, 6.07) is 9.96. The van der Waals surface area contributed by atoms with Crippen molar-refractivity contribution in [2.75, 3.05) is 12.4 Å². The van der Waals surface area contributed by atoms with Crippen LogP contribution in [0, 0.1) is 40.9 Å². The molecule has 0 atom stereocenters. The van der Waals surface area contributed by atoms with Crippen molar-refractivity contribution >= 4 is 11.6 Å². The van der Waals surface area contributed by atoms with E-state index in [1.165, 1.54) is 7.05 Å². The Bertz CT molecular complexity index is 682. The van der Waals surface area contributed by atoms with Crippen LogP contribution in [0.5, 0.6) is 0 Å². The Balaban J connectivity index is 3.26. The van der Waals surface area contributed by atoms with E-state index in [0.29, 0.717) is 11.3 Å². The maximum absolute atomic E-state index is 11.6. The first-order valence-corrected chi connectivity index (χ1v) is 5.61. The van der Waals surface area contributed by atoms with Crippen molar-refractivity contribution in [1.29, 1.82) is 15.8 Å². The van der Waals surface area contributed by atoms with E-state index >= 15 is 0 Å². The molecular weight excluding hydrogens is 254 g/mol. The van der Waals surface area contributed by atoms with Crippen LogP contribution in [0.4, 0.5) is 5.69 Å². The second-order valence-corrected chi connectivity index (χ2v) is 3.82. The van der Waals surface area contributed by atoms with Gasteiger partial charge in [-0.1, -0.05) is 6.07 Å². The van der Waals surface area contributed by atoms with Crippen LogP contribution >= 0.6 is 0 Å². The minimum absolute atomic E-state index is 0.146. The van der Waals surface area contributed by atoms with Crippen LogP contribution in [0.3, 0.4) is 0 Å². The molecule has 0 unspecified atom stereocenters. The third kappa shape index (κ3) is 3.13. The second-order valence-electron chi connectivity index (χ2n) is 3.82. The Morgan fingerprint density at radius 1 is 1.15 bits per heavy atom. The van der Waals surface area contributed by atoms with E-state index in [0.717, 1.165) is 5.56 Å². The zero-order valence-corrected chi connectivity index (χ0v) is 11.0. The molecule has 0 heterocycles. The van der Waals surface area contributed by atoms with E-state index in [1.807, 2.05) is 0 Å². The van der Waals surface area contributed by atoms with Crippen LogP contribution in [0.2, 0.25) is 0 Å². The van der Waals surface area contributed by atoms with Crippen LogP contribution in [-0.4, -0.2) is 13.0 Å². The number of amides is 1. The number of hydrogen-bond acceptors (Lipinski definition) is 5. The molecule has 0 aliphatic carbocycles. The van der Waals surface area contributed by atoms with Crippen molar-refractivity contribution in [2.24, 2.45) is 0 Å². The van der Waals surface area contributed by atoms with Gasteiger partial charge in [0, 0.05) is 18.3 Å². The van der Waals surface area contributed by atoms with Gasteiger partial charge in [-0.05, 0) is 24.6 Å². The molecule has 6 heteroatoms. The topological polar surface area (TPSA) is 112 Å². The molecule has 0 aromatic heterocycles. The molecule has 0 radical (unpaired) electrons. The van der Waals surface area contributed by atoms with Crippen LogP contribution in [-0.2, 0) is 0 Å². The predicted octanol–water partition coefficient (Wildman–Crippen LogP) is 1.59. The van der Waals surface area contributed by atoms with Crippen molar-refractivity contribution < 1.29 is 4.79 Å². The van der Waals surface area contributed by atoms with E-state index in [1.54, 1.807) is 43.3 Å². The Hall–Kier alpha value is -3.30. The molecule has 0 aliphatic rings. The number of aryl methyl sites for hydroxylation is 1. The highest BCUT2D eigenvalue weighted by Crippen LogP contribution is 2.19. The van der Waals surface area contributed by atoms with E-state index in [-0.39, 0.29) is 17.2 Å². The minimum Gasteiger partial charge on any atom is -0.355 e. The fourth-order valence-corrected chi connectivity index (χ4v) is 1.46. The average molecular weight is 265 g/mol. The maximum atomic E-state index is 11.6. The van der Waals surface area contributed by atoms with Crippen molar-refractivity contribution in [2.45, 2.75) is 6.92 Å². The molecule has 0 fully saturated rings. The van der Waals surface area contributed by atoms with Gasteiger partial charge >= 0.3 is 0 Å². The Morgan fingerprint density at radius 3 is 2.30 bits per heavy atom. The lowest BCUT2D eigenvalue weighted by atomic mass is 10.1. The third-order valence-corrected chi connectivity index (χ3v) is 2.57. The first-order chi connectivity index (χ1) is 9.57. The molecule has 1 amide bonds. The number of carbonyl (C=O) groups is 1. The fourth-order valence-electron chi connectivity index (χ4n) is 1.46. The van der Waals surface area contributed by atoms with Crippen molar-refractivity contribution in [3.05, 3.63) is 40.6 Å². The highest BCUT2D eigenvalue weighted by Gasteiger charge is 2.10. The lowest BCUT2D eigenvalue weighted by molar-refractivity contribution is 0.0963. The van der Waals surface area contributed by atoms with E-state index in [2.05, 4.69) is 10.6 Å². The number of carbonyl (C=O) groups excluding carboxylic acids is 1. The van der Waals surface area contributed by atoms with Gasteiger partial charge in [-0.2, -0.15) is 15.8 Å². The Labute approximate surface area is 116 Å². The number of nitrogens with zero attached hydrogens (tertiary/aromatic N) is 3. The summed E-state index contributed by atoms with van der Waals surface area (Å²) in [6.07, 6.45) is 0. The third-order valence-electron chi connectivity index (χ3n) is 2.57. The highest BCUT2D eigenvalue weighted by atomic mass is 16.1. The molecule has 0 aliphatic heterocycles. The molecule has 98 valence electrons. The van der Waals surface area contributed by atoms with Crippen LogP contribution in [0.1, 0.15) is 15.9 Å². The number of benzene rings is 1. The van der Waals surface area contributed by atoms with Gasteiger partial charge in [0.25, 0.3) is 5.91 Å². The zero-order valence-electron chi connectivity index (χ0n) is 11.0. The second kappa shape index (κ2) is 6.58. The molecule has 0 bridgehead atoms. The lowest BCUT2D eigenvalue weighted by Gasteiger charge is -2.10. The summed E-state index contributed by atoms with van der Waals surface area (Å²) >= 11 is 0. The van der Waals surface area contributed by atoms with Crippen LogP contribution in [0.25, 0.3) is 0 Å². The van der Waals surface area contributed by atoms with Crippen LogP contribution in [0.15, 0.2) is 29.5 Å². The average Bonchev–Trinajstić information content (AvgIpc) is 2.48. The lowest BCUT2D eigenvalue weighted by Crippen LogP contribution is -2.18. The molecule has 0 saturated heterocycles. The Morgan fingerprint density at radius 2 is 1.80 bits per heavy atom. The number of hydrogen-bond donors (Lipinski definition) is 2. The maximum Gasteiger partial charge on any atom is 0.251 e. The minimum atomic E-state index is -0.308. The number of rotatable bonds is 3. The monoisotopic (exact) mass is 265 g/mol. The standard InChI is InChI=1S/C14H11N5O/c1-9-3-4-10(14(20)18-2)5-12(9)19-13(8-17)11(6-15)7-16/h3-5,19H,1-2H3,(H,18,20). The van der Waals surface area contributed by atoms with Gasteiger partial charge < -0.3 is 10.6 Å². The summed E-state index contributed by atoms with van der Waals surface area (Å²) in [5.41, 5.74) is 1.23. The van der Waals surface area contributed by atoms with Crippen molar-refractivity contribution in [3.8, 4) is 18.2 Å². The van der Waals surface area contributed by atoms with E-state index in [4.69, 9.17) is 15.8 Å². The summed E-state index contributed by atoms with van der Waals surface area (Å²) in [5, 5.41) is 31.7. The largest absolute Gasteiger partial charge is 0.355 e. The van der Waals surface area contributed by atoms with Gasteiger partial charge in [0.1, 0.15) is 23.9 Å². The summed E-state index contributed by atoms with van der Waals surface area (Å²) < 4.78 is 0. The van der Waals surface area contributed by atoms with Gasteiger partial charge in [0.15, 0.2) is 5.57 Å². The smallest absolute Gasteiger partial charge is 0.251 e. The molecule has 20 heavy (non-hydrogen) atoms. The van der Waals surface area contributed by atoms with Gasteiger partial charge in [0.05, 0.1) is 0 Å². The first kappa shape index (κ1) is 14.8.